The molecule has 1 aliphatic rings. The fourth-order valence-corrected chi connectivity index (χ4v) is 2.80. The van der Waals surface area contributed by atoms with Gasteiger partial charge in [0, 0.05) is 43.1 Å². The molecule has 6 nitrogen and oxygen atoms in total. The van der Waals surface area contributed by atoms with Crippen LogP contribution in [0.4, 0.5) is 0 Å². The van der Waals surface area contributed by atoms with Crippen LogP contribution in [0, 0.1) is 0 Å². The molecule has 0 saturated heterocycles. The van der Waals surface area contributed by atoms with Gasteiger partial charge >= 0.3 is 0 Å². The average Bonchev–Trinajstić information content (AvgIpc) is 3.15. The van der Waals surface area contributed by atoms with E-state index in [9.17, 15) is 13.2 Å². The van der Waals surface area contributed by atoms with E-state index in [4.69, 9.17) is 15.4 Å². The minimum Gasteiger partial charge on any atom is -0.380 e. The summed E-state index contributed by atoms with van der Waals surface area (Å²) in [6, 6.07) is 1.54. The molecule has 0 atom stereocenters. The number of hydrogen-bond acceptors (Lipinski definition) is 4. The highest BCUT2D eigenvalue weighted by Crippen LogP contribution is 2.37. The monoisotopic (exact) mass is 334 g/mol. The van der Waals surface area contributed by atoms with Crippen LogP contribution >= 0.6 is 10.7 Å². The molecule has 0 spiro atoms. The quantitative estimate of drug-likeness (QED) is 0.564. The van der Waals surface area contributed by atoms with Crippen LogP contribution in [0.1, 0.15) is 36.3 Å². The van der Waals surface area contributed by atoms with Crippen LogP contribution in [0.2, 0.25) is 0 Å². The number of ether oxygens (including phenoxy) is 1. The Morgan fingerprint density at radius 2 is 2.19 bits per heavy atom. The predicted molar refractivity (Wildman–Crippen MR) is 79.2 cm³/mol. The molecule has 0 unspecified atom stereocenters. The van der Waals surface area contributed by atoms with Crippen molar-refractivity contribution in [2.45, 2.75) is 30.7 Å². The molecule has 1 saturated carbocycles. The van der Waals surface area contributed by atoms with Gasteiger partial charge < -0.3 is 14.2 Å². The third kappa shape index (κ3) is 3.99. The Morgan fingerprint density at radius 1 is 1.52 bits per heavy atom. The first-order valence-corrected chi connectivity index (χ1v) is 9.15. The standard InChI is InChI=1S/C13H19ClN2O4S/c1-3-20-7-6-15(2)13(17)12-8-11(21(14,18)19)9-16(12)10-4-5-10/h8-10H,3-7H2,1-2H3. The lowest BCUT2D eigenvalue weighted by molar-refractivity contribution is 0.0700. The second-order valence-corrected chi connectivity index (χ2v) is 7.63. The first-order valence-electron chi connectivity index (χ1n) is 6.84. The molecular weight excluding hydrogens is 316 g/mol. The smallest absolute Gasteiger partial charge is 0.270 e. The summed E-state index contributed by atoms with van der Waals surface area (Å²) in [5, 5.41) is 0. The summed E-state index contributed by atoms with van der Waals surface area (Å²) in [4.78, 5) is 13.9. The van der Waals surface area contributed by atoms with Crippen molar-refractivity contribution in [2.75, 3.05) is 26.8 Å². The topological polar surface area (TPSA) is 68.6 Å². The van der Waals surface area contributed by atoms with Crippen molar-refractivity contribution in [3.05, 3.63) is 18.0 Å². The van der Waals surface area contributed by atoms with E-state index in [2.05, 4.69) is 0 Å². The maximum Gasteiger partial charge on any atom is 0.270 e. The van der Waals surface area contributed by atoms with Gasteiger partial charge in [0.2, 0.25) is 0 Å². The van der Waals surface area contributed by atoms with Crippen molar-refractivity contribution in [3.63, 3.8) is 0 Å². The third-order valence-corrected chi connectivity index (χ3v) is 4.71. The largest absolute Gasteiger partial charge is 0.380 e. The Morgan fingerprint density at radius 3 is 2.71 bits per heavy atom. The lowest BCUT2D eigenvalue weighted by Crippen LogP contribution is -2.31. The van der Waals surface area contributed by atoms with Gasteiger partial charge in [0.1, 0.15) is 10.6 Å². The van der Waals surface area contributed by atoms with E-state index in [1.165, 1.54) is 17.2 Å². The predicted octanol–water partition coefficient (Wildman–Crippen LogP) is 1.86. The number of likely N-dealkylation sites (N-methyl/N-ethyl adjacent to an activating group) is 1. The Labute approximate surface area is 129 Å². The molecule has 2 rings (SSSR count). The summed E-state index contributed by atoms with van der Waals surface area (Å²) in [5.74, 6) is -0.229. The number of aromatic nitrogens is 1. The molecule has 1 amide bonds. The number of nitrogens with zero attached hydrogens (tertiary/aromatic N) is 2. The highest BCUT2D eigenvalue weighted by Gasteiger charge is 2.30. The molecule has 0 aliphatic heterocycles. The van der Waals surface area contributed by atoms with Gasteiger partial charge in [-0.3, -0.25) is 4.79 Å². The number of carbonyl (C=O) groups excluding carboxylic acids is 1. The van der Waals surface area contributed by atoms with Gasteiger partial charge in [-0.25, -0.2) is 8.42 Å². The second-order valence-electron chi connectivity index (χ2n) is 5.06. The average molecular weight is 335 g/mol. The fraction of sp³-hybridized carbons (Fsp3) is 0.615. The molecule has 1 aromatic heterocycles. The number of halogens is 1. The molecular formula is C13H19ClN2O4S. The molecule has 1 fully saturated rings. The second kappa shape index (κ2) is 6.37. The molecule has 1 aliphatic carbocycles. The van der Waals surface area contributed by atoms with Crippen LogP contribution in [-0.4, -0.2) is 50.6 Å². The first kappa shape index (κ1) is 16.3. The maximum absolute atomic E-state index is 12.4. The SMILES string of the molecule is CCOCCN(C)C(=O)c1cc(S(=O)(=O)Cl)cn1C1CC1. The Kier molecular flexibility index (Phi) is 4.95. The maximum atomic E-state index is 12.4. The number of rotatable bonds is 7. The van der Waals surface area contributed by atoms with Gasteiger partial charge in [-0.1, -0.05) is 0 Å². The Bertz CT molecular complexity index is 622. The van der Waals surface area contributed by atoms with Gasteiger partial charge in [0.05, 0.1) is 6.61 Å². The number of amides is 1. The highest BCUT2D eigenvalue weighted by molar-refractivity contribution is 8.13. The lowest BCUT2D eigenvalue weighted by atomic mass is 10.3. The van der Waals surface area contributed by atoms with Crippen LogP contribution in [0.15, 0.2) is 17.2 Å². The van der Waals surface area contributed by atoms with E-state index < -0.39 is 9.05 Å². The fourth-order valence-electron chi connectivity index (χ4n) is 2.06. The molecule has 1 heterocycles. The van der Waals surface area contributed by atoms with Gasteiger partial charge in [-0.15, -0.1) is 0 Å². The third-order valence-electron chi connectivity index (χ3n) is 3.39. The van der Waals surface area contributed by atoms with E-state index in [0.717, 1.165) is 12.8 Å². The van der Waals surface area contributed by atoms with Crippen molar-refractivity contribution in [2.24, 2.45) is 0 Å². The summed E-state index contributed by atoms with van der Waals surface area (Å²) in [6.07, 6.45) is 3.34. The zero-order valence-electron chi connectivity index (χ0n) is 12.1. The number of hydrogen-bond donors (Lipinski definition) is 0. The summed E-state index contributed by atoms with van der Waals surface area (Å²) < 4.78 is 29.8. The summed E-state index contributed by atoms with van der Waals surface area (Å²) in [5.41, 5.74) is 0.357. The molecule has 0 aromatic carbocycles. The molecule has 0 radical (unpaired) electrons. The highest BCUT2D eigenvalue weighted by atomic mass is 35.7. The molecule has 0 N–H and O–H groups in total. The Balaban J connectivity index is 2.21. The first-order chi connectivity index (χ1) is 9.84. The normalized spacial score (nSPS) is 15.2. The van der Waals surface area contributed by atoms with Crippen LogP contribution in [-0.2, 0) is 13.8 Å². The minimum absolute atomic E-state index is 0.0300. The molecule has 118 valence electrons. The zero-order chi connectivity index (χ0) is 15.6. The van der Waals surface area contributed by atoms with Crippen molar-refractivity contribution >= 4 is 25.6 Å². The van der Waals surface area contributed by atoms with E-state index in [-0.39, 0.29) is 16.8 Å². The van der Waals surface area contributed by atoms with Gasteiger partial charge in [-0.2, -0.15) is 0 Å². The summed E-state index contributed by atoms with van der Waals surface area (Å²) in [7, 11) is 3.20. The van der Waals surface area contributed by atoms with Gasteiger partial charge in [-0.05, 0) is 25.8 Å². The van der Waals surface area contributed by atoms with Crippen LogP contribution in [0.3, 0.4) is 0 Å². The minimum atomic E-state index is -3.83. The van der Waals surface area contributed by atoms with Crippen molar-refractivity contribution in [1.82, 2.24) is 9.47 Å². The zero-order valence-corrected chi connectivity index (χ0v) is 13.7. The Hall–Kier alpha value is -1.05. The van der Waals surface area contributed by atoms with Crippen LogP contribution in [0.5, 0.6) is 0 Å². The van der Waals surface area contributed by atoms with Gasteiger partial charge in [0.15, 0.2) is 0 Å². The van der Waals surface area contributed by atoms with Gasteiger partial charge in [0.25, 0.3) is 15.0 Å². The van der Waals surface area contributed by atoms with E-state index in [1.807, 2.05) is 6.92 Å². The lowest BCUT2D eigenvalue weighted by Gasteiger charge is -2.18. The van der Waals surface area contributed by atoms with Crippen molar-refractivity contribution in [1.29, 1.82) is 0 Å². The van der Waals surface area contributed by atoms with Crippen molar-refractivity contribution in [3.8, 4) is 0 Å². The molecule has 0 bridgehead atoms. The van der Waals surface area contributed by atoms with E-state index in [0.29, 0.717) is 25.5 Å². The van der Waals surface area contributed by atoms with E-state index >= 15 is 0 Å². The van der Waals surface area contributed by atoms with Crippen molar-refractivity contribution < 1.29 is 17.9 Å². The van der Waals surface area contributed by atoms with Crippen LogP contribution in [0.25, 0.3) is 0 Å². The van der Waals surface area contributed by atoms with Crippen LogP contribution < -0.4 is 0 Å². The molecule has 1 aromatic rings. The number of carbonyl (C=O) groups is 1. The summed E-state index contributed by atoms with van der Waals surface area (Å²) in [6.45, 7) is 3.38. The molecule has 8 heteroatoms. The summed E-state index contributed by atoms with van der Waals surface area (Å²) >= 11 is 0. The van der Waals surface area contributed by atoms with E-state index in [1.54, 1.807) is 11.6 Å². The molecule has 21 heavy (non-hydrogen) atoms.